The SMILES string of the molecule is CCCCc1cccc(OCC2CC2)c1. The lowest BCUT2D eigenvalue weighted by Gasteiger charge is -2.07. The average molecular weight is 204 g/mol. The van der Waals surface area contributed by atoms with E-state index in [9.17, 15) is 0 Å². The Morgan fingerprint density at radius 2 is 2.20 bits per heavy atom. The van der Waals surface area contributed by atoms with Crippen LogP contribution >= 0.6 is 0 Å². The van der Waals surface area contributed by atoms with Crippen molar-refractivity contribution in [2.75, 3.05) is 6.61 Å². The van der Waals surface area contributed by atoms with Gasteiger partial charge in [-0.05, 0) is 49.3 Å². The zero-order chi connectivity index (χ0) is 10.5. The summed E-state index contributed by atoms with van der Waals surface area (Å²) in [6.45, 7) is 3.14. The molecule has 15 heavy (non-hydrogen) atoms. The molecule has 0 spiro atoms. The Bertz CT molecular complexity index is 302. The molecule has 82 valence electrons. The number of hydrogen-bond acceptors (Lipinski definition) is 1. The van der Waals surface area contributed by atoms with Gasteiger partial charge in [-0.3, -0.25) is 0 Å². The van der Waals surface area contributed by atoms with E-state index in [-0.39, 0.29) is 0 Å². The summed E-state index contributed by atoms with van der Waals surface area (Å²) >= 11 is 0. The van der Waals surface area contributed by atoms with E-state index in [1.165, 1.54) is 37.7 Å². The van der Waals surface area contributed by atoms with Crippen molar-refractivity contribution in [2.24, 2.45) is 5.92 Å². The highest BCUT2D eigenvalue weighted by Gasteiger charge is 2.21. The average Bonchev–Trinajstić information content (AvgIpc) is 3.08. The Labute approximate surface area is 92.5 Å². The molecule has 0 N–H and O–H groups in total. The van der Waals surface area contributed by atoms with E-state index in [1.54, 1.807) is 0 Å². The van der Waals surface area contributed by atoms with E-state index in [0.717, 1.165) is 18.3 Å². The summed E-state index contributed by atoms with van der Waals surface area (Å²) in [4.78, 5) is 0. The Morgan fingerprint density at radius 3 is 2.93 bits per heavy atom. The first-order valence-electron chi connectivity index (χ1n) is 6.10. The Morgan fingerprint density at radius 1 is 1.33 bits per heavy atom. The van der Waals surface area contributed by atoms with Crippen LogP contribution in [0.1, 0.15) is 38.2 Å². The molecular formula is C14H20O. The lowest BCUT2D eigenvalue weighted by molar-refractivity contribution is 0.299. The number of ether oxygens (including phenoxy) is 1. The minimum atomic E-state index is 0.837. The van der Waals surface area contributed by atoms with Crippen LogP contribution in [0.5, 0.6) is 5.75 Å². The molecule has 0 bridgehead atoms. The van der Waals surface area contributed by atoms with Gasteiger partial charge in [0.2, 0.25) is 0 Å². The molecule has 0 unspecified atom stereocenters. The van der Waals surface area contributed by atoms with Crippen LogP contribution in [0.25, 0.3) is 0 Å². The maximum Gasteiger partial charge on any atom is 0.119 e. The fraction of sp³-hybridized carbons (Fsp3) is 0.571. The summed E-state index contributed by atoms with van der Waals surface area (Å²) in [7, 11) is 0. The third-order valence-electron chi connectivity index (χ3n) is 2.90. The number of hydrogen-bond donors (Lipinski definition) is 0. The molecule has 0 aromatic heterocycles. The van der Waals surface area contributed by atoms with Crippen LogP contribution in [0.15, 0.2) is 24.3 Å². The molecule has 1 aromatic carbocycles. The van der Waals surface area contributed by atoms with Gasteiger partial charge in [-0.2, -0.15) is 0 Å². The standard InChI is InChI=1S/C14H20O/c1-2-3-5-12-6-4-7-14(10-12)15-11-13-8-9-13/h4,6-7,10,13H,2-3,5,8-9,11H2,1H3. The predicted molar refractivity (Wildman–Crippen MR) is 63.3 cm³/mol. The lowest BCUT2D eigenvalue weighted by atomic mass is 10.1. The van der Waals surface area contributed by atoms with E-state index >= 15 is 0 Å². The summed E-state index contributed by atoms with van der Waals surface area (Å²) in [5, 5.41) is 0. The van der Waals surface area contributed by atoms with Crippen LogP contribution < -0.4 is 4.74 Å². The molecule has 1 aliphatic carbocycles. The number of unbranched alkanes of at least 4 members (excludes halogenated alkanes) is 1. The van der Waals surface area contributed by atoms with Crippen LogP contribution in [-0.2, 0) is 6.42 Å². The van der Waals surface area contributed by atoms with E-state index < -0.39 is 0 Å². The fourth-order valence-corrected chi connectivity index (χ4v) is 1.67. The smallest absolute Gasteiger partial charge is 0.119 e. The first-order valence-corrected chi connectivity index (χ1v) is 6.10. The number of aryl methyl sites for hydroxylation is 1. The maximum atomic E-state index is 5.75. The van der Waals surface area contributed by atoms with Crippen molar-refractivity contribution >= 4 is 0 Å². The molecular weight excluding hydrogens is 184 g/mol. The molecule has 1 nitrogen and oxygen atoms in total. The van der Waals surface area contributed by atoms with Gasteiger partial charge in [0.15, 0.2) is 0 Å². The first-order chi connectivity index (χ1) is 7.38. The minimum absolute atomic E-state index is 0.837. The molecule has 1 aromatic rings. The monoisotopic (exact) mass is 204 g/mol. The highest BCUT2D eigenvalue weighted by atomic mass is 16.5. The van der Waals surface area contributed by atoms with Crippen molar-refractivity contribution in [3.05, 3.63) is 29.8 Å². The molecule has 1 aliphatic rings. The van der Waals surface area contributed by atoms with Crippen molar-refractivity contribution in [3.63, 3.8) is 0 Å². The quantitative estimate of drug-likeness (QED) is 0.684. The summed E-state index contributed by atoms with van der Waals surface area (Å²) in [6.07, 6.45) is 6.42. The van der Waals surface area contributed by atoms with Crippen LogP contribution in [0, 0.1) is 5.92 Å². The van der Waals surface area contributed by atoms with E-state index in [1.807, 2.05) is 0 Å². The first kappa shape index (κ1) is 10.5. The number of rotatable bonds is 6. The molecule has 2 rings (SSSR count). The zero-order valence-corrected chi connectivity index (χ0v) is 9.54. The minimum Gasteiger partial charge on any atom is -0.493 e. The molecule has 0 saturated heterocycles. The van der Waals surface area contributed by atoms with Gasteiger partial charge in [-0.1, -0.05) is 25.5 Å². The van der Waals surface area contributed by atoms with Gasteiger partial charge in [-0.15, -0.1) is 0 Å². The Hall–Kier alpha value is -0.980. The third kappa shape index (κ3) is 3.58. The second-order valence-electron chi connectivity index (χ2n) is 4.51. The van der Waals surface area contributed by atoms with Crippen molar-refractivity contribution < 1.29 is 4.74 Å². The second kappa shape index (κ2) is 5.20. The summed E-state index contributed by atoms with van der Waals surface area (Å²) in [6, 6.07) is 8.56. The van der Waals surface area contributed by atoms with Gasteiger partial charge in [0.1, 0.15) is 5.75 Å². The summed E-state index contributed by atoms with van der Waals surface area (Å²) < 4.78 is 5.75. The van der Waals surface area contributed by atoms with Crippen LogP contribution in [0.2, 0.25) is 0 Å². The van der Waals surface area contributed by atoms with Crippen LogP contribution in [0.4, 0.5) is 0 Å². The largest absolute Gasteiger partial charge is 0.493 e. The van der Waals surface area contributed by atoms with Crippen molar-refractivity contribution in [3.8, 4) is 5.75 Å². The highest BCUT2D eigenvalue weighted by molar-refractivity contribution is 5.28. The molecule has 1 heteroatoms. The van der Waals surface area contributed by atoms with E-state index in [4.69, 9.17) is 4.74 Å². The lowest BCUT2D eigenvalue weighted by Crippen LogP contribution is -1.99. The molecule has 0 radical (unpaired) electrons. The summed E-state index contributed by atoms with van der Waals surface area (Å²) in [5.74, 6) is 1.89. The maximum absolute atomic E-state index is 5.75. The van der Waals surface area contributed by atoms with Crippen LogP contribution in [-0.4, -0.2) is 6.61 Å². The zero-order valence-electron chi connectivity index (χ0n) is 9.54. The fourth-order valence-electron chi connectivity index (χ4n) is 1.67. The number of benzene rings is 1. The van der Waals surface area contributed by atoms with Crippen molar-refractivity contribution in [1.29, 1.82) is 0 Å². The predicted octanol–water partition coefficient (Wildman–Crippen LogP) is 3.82. The molecule has 1 fully saturated rings. The van der Waals surface area contributed by atoms with E-state index in [0.29, 0.717) is 0 Å². The van der Waals surface area contributed by atoms with Crippen molar-refractivity contribution in [2.45, 2.75) is 39.0 Å². The van der Waals surface area contributed by atoms with Crippen molar-refractivity contribution in [1.82, 2.24) is 0 Å². The molecule has 0 atom stereocenters. The third-order valence-corrected chi connectivity index (χ3v) is 2.90. The van der Waals surface area contributed by atoms with Gasteiger partial charge in [0.05, 0.1) is 6.61 Å². The summed E-state index contributed by atoms with van der Waals surface area (Å²) in [5.41, 5.74) is 1.41. The second-order valence-corrected chi connectivity index (χ2v) is 4.51. The van der Waals surface area contributed by atoms with Gasteiger partial charge < -0.3 is 4.74 Å². The Kier molecular flexibility index (Phi) is 3.65. The normalized spacial score (nSPS) is 15.3. The highest BCUT2D eigenvalue weighted by Crippen LogP contribution is 2.29. The van der Waals surface area contributed by atoms with Gasteiger partial charge >= 0.3 is 0 Å². The topological polar surface area (TPSA) is 9.23 Å². The van der Waals surface area contributed by atoms with Crippen LogP contribution in [0.3, 0.4) is 0 Å². The van der Waals surface area contributed by atoms with Gasteiger partial charge in [0, 0.05) is 0 Å². The molecule has 0 amide bonds. The van der Waals surface area contributed by atoms with E-state index in [2.05, 4.69) is 31.2 Å². The molecule has 1 saturated carbocycles. The Balaban J connectivity index is 1.85. The van der Waals surface area contributed by atoms with Gasteiger partial charge in [0.25, 0.3) is 0 Å². The molecule has 0 heterocycles. The van der Waals surface area contributed by atoms with Gasteiger partial charge in [-0.25, -0.2) is 0 Å². The molecule has 0 aliphatic heterocycles.